The number of thiazole rings is 1. The Morgan fingerprint density at radius 2 is 2.07 bits per heavy atom. The van der Waals surface area contributed by atoms with Crippen LogP contribution in [0.4, 0.5) is 0 Å². The van der Waals surface area contributed by atoms with Crippen LogP contribution in [-0.4, -0.2) is 51.2 Å². The first-order valence-corrected chi connectivity index (χ1v) is 10.4. The molecule has 1 aromatic carbocycles. The predicted octanol–water partition coefficient (Wildman–Crippen LogP) is 3.35. The maximum absolute atomic E-state index is 12.9. The number of nitrogens with one attached hydrogen (secondary N) is 2. The molecule has 0 aliphatic carbocycles. The number of aromatic nitrogens is 3. The Morgan fingerprint density at radius 3 is 2.78 bits per heavy atom. The molecule has 3 atom stereocenters. The molecule has 2 aromatic heterocycles. The van der Waals surface area contributed by atoms with Gasteiger partial charge in [-0.2, -0.15) is 5.10 Å². The van der Waals surface area contributed by atoms with Crippen LogP contribution in [0, 0.1) is 6.92 Å². The zero-order chi connectivity index (χ0) is 18.5. The standard InChI is InChI=1S/C20H23N5OS/c1-11-10-27-20(21-11)12-3-6-17-16(7-12)18(24-23-17)19(26)22-13-8-14-4-5-15(9-13)25(14)2/h3,6-7,10,13-15H,4-5,8-9H2,1-2H3,(H,22,26)(H,23,24)/t13-,14+,15-. The number of hydrogen-bond acceptors (Lipinski definition) is 5. The fraction of sp³-hybridized carbons (Fsp3) is 0.450. The molecule has 4 heterocycles. The number of fused-ring (bicyclic) bond motifs is 3. The number of carbonyl (C=O) groups is 1. The van der Waals surface area contributed by atoms with Gasteiger partial charge in [0.05, 0.1) is 5.52 Å². The average Bonchev–Trinajstić information content (AvgIpc) is 3.31. The van der Waals surface area contributed by atoms with Crippen molar-refractivity contribution >= 4 is 28.1 Å². The fourth-order valence-corrected chi connectivity index (χ4v) is 5.38. The van der Waals surface area contributed by atoms with Crippen LogP contribution in [0.15, 0.2) is 23.6 Å². The lowest BCUT2D eigenvalue weighted by Crippen LogP contribution is -2.48. The van der Waals surface area contributed by atoms with E-state index in [1.165, 1.54) is 12.8 Å². The molecule has 2 bridgehead atoms. The van der Waals surface area contributed by atoms with Crippen LogP contribution >= 0.6 is 11.3 Å². The summed E-state index contributed by atoms with van der Waals surface area (Å²) in [4.78, 5) is 20.0. The topological polar surface area (TPSA) is 73.9 Å². The third kappa shape index (κ3) is 2.95. The molecule has 0 unspecified atom stereocenters. The molecular formula is C20H23N5OS. The molecule has 2 aliphatic rings. The third-order valence-electron chi connectivity index (χ3n) is 6.08. The second-order valence-electron chi connectivity index (χ2n) is 7.82. The van der Waals surface area contributed by atoms with E-state index < -0.39 is 0 Å². The van der Waals surface area contributed by atoms with E-state index in [1.807, 2.05) is 30.5 Å². The highest BCUT2D eigenvalue weighted by molar-refractivity contribution is 7.13. The minimum absolute atomic E-state index is 0.0809. The van der Waals surface area contributed by atoms with Gasteiger partial charge in [-0.3, -0.25) is 9.89 Å². The number of amides is 1. The summed E-state index contributed by atoms with van der Waals surface area (Å²) in [6.07, 6.45) is 4.56. The number of piperidine rings is 1. The van der Waals surface area contributed by atoms with Crippen LogP contribution in [0.5, 0.6) is 0 Å². The van der Waals surface area contributed by atoms with Gasteiger partial charge in [0.1, 0.15) is 5.01 Å². The summed E-state index contributed by atoms with van der Waals surface area (Å²) in [6.45, 7) is 1.99. The van der Waals surface area contributed by atoms with Gasteiger partial charge in [-0.05, 0) is 57.9 Å². The van der Waals surface area contributed by atoms with E-state index in [4.69, 9.17) is 0 Å². The molecule has 27 heavy (non-hydrogen) atoms. The Morgan fingerprint density at radius 1 is 1.30 bits per heavy atom. The molecule has 2 saturated heterocycles. The van der Waals surface area contributed by atoms with Crippen LogP contribution in [-0.2, 0) is 0 Å². The van der Waals surface area contributed by atoms with E-state index in [9.17, 15) is 4.79 Å². The summed E-state index contributed by atoms with van der Waals surface area (Å²) >= 11 is 1.62. The Balaban J connectivity index is 1.40. The molecule has 7 heteroatoms. The van der Waals surface area contributed by atoms with Gasteiger partial charge < -0.3 is 10.2 Å². The molecule has 5 rings (SSSR count). The van der Waals surface area contributed by atoms with E-state index in [0.29, 0.717) is 17.8 Å². The number of H-pyrrole nitrogens is 1. The van der Waals surface area contributed by atoms with Crippen molar-refractivity contribution in [1.29, 1.82) is 0 Å². The van der Waals surface area contributed by atoms with Crippen molar-refractivity contribution in [3.05, 3.63) is 35.0 Å². The normalized spacial score (nSPS) is 25.2. The number of rotatable bonds is 3. The highest BCUT2D eigenvalue weighted by Crippen LogP contribution is 2.34. The Hall–Kier alpha value is -2.25. The first kappa shape index (κ1) is 16.9. The van der Waals surface area contributed by atoms with Gasteiger partial charge in [0.25, 0.3) is 5.91 Å². The molecule has 2 fully saturated rings. The van der Waals surface area contributed by atoms with E-state index in [1.54, 1.807) is 11.3 Å². The molecule has 2 N–H and O–H groups in total. The lowest BCUT2D eigenvalue weighted by molar-refractivity contribution is 0.0879. The highest BCUT2D eigenvalue weighted by atomic mass is 32.1. The monoisotopic (exact) mass is 381 g/mol. The predicted molar refractivity (Wildman–Crippen MR) is 107 cm³/mol. The largest absolute Gasteiger partial charge is 0.348 e. The van der Waals surface area contributed by atoms with Crippen LogP contribution in [0.25, 0.3) is 21.5 Å². The van der Waals surface area contributed by atoms with Crippen LogP contribution in [0.1, 0.15) is 41.9 Å². The zero-order valence-corrected chi connectivity index (χ0v) is 16.3. The van der Waals surface area contributed by atoms with Gasteiger partial charge in [0, 0.05) is 40.1 Å². The minimum atomic E-state index is -0.0809. The molecule has 0 spiro atoms. The van der Waals surface area contributed by atoms with Crippen molar-refractivity contribution in [1.82, 2.24) is 25.4 Å². The lowest BCUT2D eigenvalue weighted by Gasteiger charge is -2.36. The first-order chi connectivity index (χ1) is 13.1. The second-order valence-corrected chi connectivity index (χ2v) is 8.68. The summed E-state index contributed by atoms with van der Waals surface area (Å²) in [5, 5.41) is 14.4. The van der Waals surface area contributed by atoms with Crippen LogP contribution < -0.4 is 5.32 Å². The molecule has 3 aromatic rings. The first-order valence-electron chi connectivity index (χ1n) is 9.52. The number of benzene rings is 1. The number of aryl methyl sites for hydroxylation is 1. The summed E-state index contributed by atoms with van der Waals surface area (Å²) < 4.78 is 0. The number of aromatic amines is 1. The average molecular weight is 382 g/mol. The summed E-state index contributed by atoms with van der Waals surface area (Å²) in [5.41, 5.74) is 3.39. The van der Waals surface area contributed by atoms with Crippen molar-refractivity contribution in [3.8, 4) is 10.6 Å². The van der Waals surface area contributed by atoms with Gasteiger partial charge in [-0.1, -0.05) is 0 Å². The number of carbonyl (C=O) groups excluding carboxylic acids is 1. The molecule has 2 aliphatic heterocycles. The third-order valence-corrected chi connectivity index (χ3v) is 7.09. The van der Waals surface area contributed by atoms with Gasteiger partial charge in [-0.15, -0.1) is 11.3 Å². The molecule has 0 saturated carbocycles. The fourth-order valence-electron chi connectivity index (χ4n) is 4.59. The molecular weight excluding hydrogens is 358 g/mol. The highest BCUT2D eigenvalue weighted by Gasteiger charge is 2.39. The van der Waals surface area contributed by atoms with Gasteiger partial charge in [-0.25, -0.2) is 4.98 Å². The Bertz CT molecular complexity index is 995. The molecule has 140 valence electrons. The SMILES string of the molecule is Cc1csc(-c2ccc3[nH]nc(C(=O)N[C@H]4C[C@H]5CC[C@@H](C4)N5C)c3c2)n1. The quantitative estimate of drug-likeness (QED) is 0.730. The van der Waals surface area contributed by atoms with E-state index in [0.717, 1.165) is 40.0 Å². The number of nitrogens with zero attached hydrogens (tertiary/aromatic N) is 3. The van der Waals surface area contributed by atoms with Crippen LogP contribution in [0.2, 0.25) is 0 Å². The summed E-state index contributed by atoms with van der Waals surface area (Å²) in [5.74, 6) is -0.0809. The zero-order valence-electron chi connectivity index (χ0n) is 15.5. The minimum Gasteiger partial charge on any atom is -0.348 e. The summed E-state index contributed by atoms with van der Waals surface area (Å²) in [6, 6.07) is 7.46. The van der Waals surface area contributed by atoms with E-state index in [2.05, 4.69) is 32.4 Å². The molecule has 0 radical (unpaired) electrons. The Labute approximate surface area is 162 Å². The lowest BCUT2D eigenvalue weighted by atomic mass is 9.98. The van der Waals surface area contributed by atoms with E-state index >= 15 is 0 Å². The maximum Gasteiger partial charge on any atom is 0.272 e. The molecule has 1 amide bonds. The van der Waals surface area contributed by atoms with Crippen molar-refractivity contribution in [2.24, 2.45) is 0 Å². The number of hydrogen-bond donors (Lipinski definition) is 2. The second kappa shape index (κ2) is 6.42. The Kier molecular flexibility index (Phi) is 4.02. The van der Waals surface area contributed by atoms with Crippen LogP contribution in [0.3, 0.4) is 0 Å². The smallest absolute Gasteiger partial charge is 0.272 e. The van der Waals surface area contributed by atoms with Gasteiger partial charge >= 0.3 is 0 Å². The van der Waals surface area contributed by atoms with Gasteiger partial charge in [0.2, 0.25) is 0 Å². The van der Waals surface area contributed by atoms with Gasteiger partial charge in [0.15, 0.2) is 5.69 Å². The van der Waals surface area contributed by atoms with Crippen molar-refractivity contribution in [3.63, 3.8) is 0 Å². The van der Waals surface area contributed by atoms with E-state index in [-0.39, 0.29) is 11.9 Å². The maximum atomic E-state index is 12.9. The molecule has 6 nitrogen and oxygen atoms in total. The van der Waals surface area contributed by atoms with Crippen molar-refractivity contribution < 1.29 is 4.79 Å². The van der Waals surface area contributed by atoms with Crippen molar-refractivity contribution in [2.45, 2.75) is 50.7 Å². The van der Waals surface area contributed by atoms with Crippen molar-refractivity contribution in [2.75, 3.05) is 7.05 Å². The summed E-state index contributed by atoms with van der Waals surface area (Å²) in [7, 11) is 2.21.